The summed E-state index contributed by atoms with van der Waals surface area (Å²) in [5.74, 6) is -0.735. The lowest BCUT2D eigenvalue weighted by Gasteiger charge is -2.24. The number of fused-ring (bicyclic) bond motifs is 2. The van der Waals surface area contributed by atoms with Gasteiger partial charge in [-0.05, 0) is 66.9 Å². The van der Waals surface area contributed by atoms with Crippen molar-refractivity contribution < 1.29 is 24.2 Å². The van der Waals surface area contributed by atoms with Gasteiger partial charge in [0.1, 0.15) is 19.0 Å². The molecule has 198 valence electrons. The van der Waals surface area contributed by atoms with E-state index in [-0.39, 0.29) is 11.3 Å². The maximum Gasteiger partial charge on any atom is 0.301 e. The van der Waals surface area contributed by atoms with Crippen LogP contribution in [0.4, 0.5) is 10.8 Å². The number of aliphatic hydroxyl groups is 1. The largest absolute Gasteiger partial charge is 0.507 e. The number of carbonyl (C=O) groups is 2. The lowest BCUT2D eigenvalue weighted by atomic mass is 9.95. The van der Waals surface area contributed by atoms with Gasteiger partial charge in [0.2, 0.25) is 0 Å². The summed E-state index contributed by atoms with van der Waals surface area (Å²) in [7, 11) is 3.88. The Morgan fingerprint density at radius 2 is 1.72 bits per heavy atom. The number of amides is 1. The van der Waals surface area contributed by atoms with Crippen LogP contribution in [0.5, 0.6) is 11.5 Å². The third-order valence-electron chi connectivity index (χ3n) is 7.01. The molecule has 3 heterocycles. The molecule has 1 saturated heterocycles. The molecule has 1 aromatic heterocycles. The highest BCUT2D eigenvalue weighted by atomic mass is 32.1. The zero-order chi connectivity index (χ0) is 27.4. The third kappa shape index (κ3) is 4.19. The summed E-state index contributed by atoms with van der Waals surface area (Å²) < 4.78 is 12.2. The number of benzene rings is 3. The molecule has 1 amide bonds. The Morgan fingerprint density at radius 3 is 2.44 bits per heavy atom. The van der Waals surface area contributed by atoms with Crippen LogP contribution in [0.25, 0.3) is 16.0 Å². The van der Waals surface area contributed by atoms with Crippen molar-refractivity contribution in [2.75, 3.05) is 37.1 Å². The lowest BCUT2D eigenvalue weighted by Crippen LogP contribution is -2.29. The molecule has 1 N–H and O–H groups in total. The average Bonchev–Trinajstić information content (AvgIpc) is 3.46. The number of carbonyl (C=O) groups excluding carboxylic acids is 2. The Labute approximate surface area is 229 Å². The van der Waals surface area contributed by atoms with Crippen molar-refractivity contribution in [3.05, 3.63) is 82.4 Å². The molecule has 1 fully saturated rings. The summed E-state index contributed by atoms with van der Waals surface area (Å²) in [6.07, 6.45) is 0. The molecule has 4 aromatic rings. The van der Waals surface area contributed by atoms with Crippen molar-refractivity contribution in [3.63, 3.8) is 0 Å². The number of ether oxygens (including phenoxy) is 2. The standard InChI is InChI=1S/C30H27N3O5S/c1-16-13-17(2)25-23(14-16)39-30(31-25)33-26(18-5-8-20(9-6-18)32(3)4)24(28(35)29(33)36)27(34)19-7-10-21-22(15-19)38-12-11-37-21/h5-10,13-15,26,34H,11-12H2,1-4H3/b27-24+. The van der Waals surface area contributed by atoms with E-state index < -0.39 is 17.7 Å². The Morgan fingerprint density at radius 1 is 1.00 bits per heavy atom. The Hall–Kier alpha value is -4.37. The van der Waals surface area contributed by atoms with Crippen LogP contribution in [0.2, 0.25) is 0 Å². The second-order valence-electron chi connectivity index (χ2n) is 9.94. The quantitative estimate of drug-likeness (QED) is 0.211. The first kappa shape index (κ1) is 24.9. The van der Waals surface area contributed by atoms with E-state index in [0.717, 1.165) is 27.0 Å². The molecule has 6 rings (SSSR count). The minimum atomic E-state index is -0.864. The summed E-state index contributed by atoms with van der Waals surface area (Å²) in [4.78, 5) is 35.4. The van der Waals surface area contributed by atoms with Crippen LogP contribution >= 0.6 is 11.3 Å². The molecule has 9 heteroatoms. The predicted octanol–water partition coefficient (Wildman–Crippen LogP) is 5.38. The van der Waals surface area contributed by atoms with Gasteiger partial charge in [-0.1, -0.05) is 29.5 Å². The van der Waals surface area contributed by atoms with Gasteiger partial charge in [0.15, 0.2) is 16.6 Å². The number of aromatic nitrogens is 1. The van der Waals surface area contributed by atoms with E-state index in [9.17, 15) is 14.7 Å². The molecular weight excluding hydrogens is 514 g/mol. The molecule has 39 heavy (non-hydrogen) atoms. The third-order valence-corrected chi connectivity index (χ3v) is 8.01. The fourth-order valence-electron chi connectivity index (χ4n) is 5.11. The monoisotopic (exact) mass is 541 g/mol. The molecule has 0 radical (unpaired) electrons. The highest BCUT2D eigenvalue weighted by molar-refractivity contribution is 7.22. The van der Waals surface area contributed by atoms with Crippen LogP contribution in [0.3, 0.4) is 0 Å². The number of nitrogens with zero attached hydrogens (tertiary/aromatic N) is 3. The van der Waals surface area contributed by atoms with Crippen molar-refractivity contribution in [1.82, 2.24) is 4.98 Å². The molecule has 0 aliphatic carbocycles. The van der Waals surface area contributed by atoms with Crippen LogP contribution in [-0.4, -0.2) is 49.1 Å². The first-order chi connectivity index (χ1) is 18.7. The minimum Gasteiger partial charge on any atom is -0.507 e. The van der Waals surface area contributed by atoms with Crippen molar-refractivity contribution >= 4 is 49.8 Å². The molecule has 1 atom stereocenters. The molecule has 8 nitrogen and oxygen atoms in total. The van der Waals surface area contributed by atoms with Gasteiger partial charge in [-0.15, -0.1) is 0 Å². The summed E-state index contributed by atoms with van der Waals surface area (Å²) in [5.41, 5.74) is 4.89. The number of aryl methyl sites for hydroxylation is 2. The van der Waals surface area contributed by atoms with Crippen LogP contribution < -0.4 is 19.3 Å². The predicted molar refractivity (Wildman–Crippen MR) is 152 cm³/mol. The van der Waals surface area contributed by atoms with Crippen LogP contribution in [0.1, 0.15) is 28.3 Å². The van der Waals surface area contributed by atoms with E-state index >= 15 is 0 Å². The zero-order valence-corrected chi connectivity index (χ0v) is 22.8. The second-order valence-corrected chi connectivity index (χ2v) is 10.9. The zero-order valence-electron chi connectivity index (χ0n) is 22.0. The van der Waals surface area contributed by atoms with Gasteiger partial charge in [-0.3, -0.25) is 14.5 Å². The summed E-state index contributed by atoms with van der Waals surface area (Å²) in [6, 6.07) is 15.8. The van der Waals surface area contributed by atoms with E-state index in [0.29, 0.717) is 41.0 Å². The number of Topliss-reactive ketones (excluding diaryl/α,β-unsaturated/α-hetero) is 1. The fraction of sp³-hybridized carbons (Fsp3) is 0.233. The van der Waals surface area contributed by atoms with Gasteiger partial charge >= 0.3 is 5.91 Å². The molecule has 0 bridgehead atoms. The van der Waals surface area contributed by atoms with Crippen LogP contribution in [-0.2, 0) is 9.59 Å². The smallest absolute Gasteiger partial charge is 0.301 e. The van der Waals surface area contributed by atoms with E-state index in [1.165, 1.54) is 16.2 Å². The first-order valence-electron chi connectivity index (χ1n) is 12.6. The van der Waals surface area contributed by atoms with Gasteiger partial charge < -0.3 is 19.5 Å². The molecule has 2 aliphatic rings. The number of anilines is 2. The van der Waals surface area contributed by atoms with E-state index in [4.69, 9.17) is 14.5 Å². The van der Waals surface area contributed by atoms with Crippen molar-refractivity contribution in [3.8, 4) is 11.5 Å². The normalized spacial score (nSPS) is 18.2. The van der Waals surface area contributed by atoms with Crippen LogP contribution in [0, 0.1) is 13.8 Å². The van der Waals surface area contributed by atoms with Gasteiger partial charge in [-0.25, -0.2) is 4.98 Å². The van der Waals surface area contributed by atoms with Gasteiger partial charge in [-0.2, -0.15) is 0 Å². The maximum atomic E-state index is 13.6. The van der Waals surface area contributed by atoms with Crippen molar-refractivity contribution in [1.29, 1.82) is 0 Å². The lowest BCUT2D eigenvalue weighted by molar-refractivity contribution is -0.132. The SMILES string of the molecule is Cc1cc(C)c2nc(N3C(=O)C(=O)/C(=C(/O)c4ccc5c(c4)OCCO5)C3c3ccc(N(C)C)cc3)sc2c1. The Bertz CT molecular complexity index is 1670. The number of ketones is 1. The number of hydrogen-bond donors (Lipinski definition) is 1. The molecule has 0 spiro atoms. The van der Waals surface area contributed by atoms with Gasteiger partial charge in [0.25, 0.3) is 5.78 Å². The highest BCUT2D eigenvalue weighted by Crippen LogP contribution is 2.45. The van der Waals surface area contributed by atoms with E-state index in [2.05, 4.69) is 0 Å². The average molecular weight is 542 g/mol. The minimum absolute atomic E-state index is 0.00133. The number of hydrogen-bond acceptors (Lipinski definition) is 8. The molecule has 0 saturated carbocycles. The highest BCUT2D eigenvalue weighted by Gasteiger charge is 2.48. The molecular formula is C30H27N3O5S. The van der Waals surface area contributed by atoms with Gasteiger partial charge in [0.05, 0.1) is 21.8 Å². The molecule has 1 unspecified atom stereocenters. The second kappa shape index (κ2) is 9.43. The summed E-state index contributed by atoms with van der Waals surface area (Å²) >= 11 is 1.36. The van der Waals surface area contributed by atoms with Gasteiger partial charge in [0, 0.05) is 25.3 Å². The summed E-state index contributed by atoms with van der Waals surface area (Å²) in [6.45, 7) is 4.81. The van der Waals surface area contributed by atoms with E-state index in [1.807, 2.05) is 69.2 Å². The van der Waals surface area contributed by atoms with Crippen molar-refractivity contribution in [2.45, 2.75) is 19.9 Å². The number of rotatable bonds is 4. The van der Waals surface area contributed by atoms with E-state index in [1.54, 1.807) is 18.2 Å². The Kier molecular flexibility index (Phi) is 6.03. The summed E-state index contributed by atoms with van der Waals surface area (Å²) in [5, 5.41) is 11.9. The number of thiazole rings is 1. The fourth-order valence-corrected chi connectivity index (χ4v) is 6.28. The first-order valence-corrected chi connectivity index (χ1v) is 13.4. The topological polar surface area (TPSA) is 92.2 Å². The maximum absolute atomic E-state index is 13.6. The van der Waals surface area contributed by atoms with Crippen molar-refractivity contribution in [2.24, 2.45) is 0 Å². The number of aliphatic hydroxyl groups excluding tert-OH is 1. The molecule has 2 aliphatic heterocycles. The molecule has 3 aromatic carbocycles. The Balaban J connectivity index is 1.54. The van der Waals surface area contributed by atoms with Crippen LogP contribution in [0.15, 0.2) is 60.2 Å².